The Kier molecular flexibility index (Phi) is 6.11. The maximum Gasteiger partial charge on any atom is 0.307 e. The molecular formula is C21H26N2O5. The van der Waals surface area contributed by atoms with E-state index < -0.39 is 17.9 Å². The molecule has 0 aromatic heterocycles. The fourth-order valence-electron chi connectivity index (χ4n) is 4.09. The van der Waals surface area contributed by atoms with Gasteiger partial charge in [0.2, 0.25) is 5.91 Å². The van der Waals surface area contributed by atoms with E-state index in [9.17, 15) is 19.2 Å². The smallest absolute Gasteiger partial charge is 0.307 e. The minimum absolute atomic E-state index is 0.0172. The monoisotopic (exact) mass is 386 g/mol. The summed E-state index contributed by atoms with van der Waals surface area (Å²) in [7, 11) is 1.32. The van der Waals surface area contributed by atoms with Crippen LogP contribution in [0.15, 0.2) is 24.3 Å². The highest BCUT2D eigenvalue weighted by molar-refractivity contribution is 6.22. The first-order valence-corrected chi connectivity index (χ1v) is 9.80. The highest BCUT2D eigenvalue weighted by atomic mass is 16.5. The van der Waals surface area contributed by atoms with Gasteiger partial charge in [-0.25, -0.2) is 0 Å². The van der Waals surface area contributed by atoms with Crippen LogP contribution in [-0.4, -0.2) is 59.2 Å². The molecule has 0 saturated heterocycles. The normalized spacial score (nSPS) is 18.0. The molecule has 0 N–H and O–H groups in total. The van der Waals surface area contributed by atoms with E-state index in [0.29, 0.717) is 11.1 Å². The molecule has 2 aliphatic rings. The number of hydrogen-bond donors (Lipinski definition) is 0. The molecule has 1 saturated carbocycles. The van der Waals surface area contributed by atoms with Gasteiger partial charge in [-0.15, -0.1) is 0 Å². The summed E-state index contributed by atoms with van der Waals surface area (Å²) in [5.41, 5.74) is 0.650. The molecule has 1 fully saturated rings. The number of carbonyl (C=O) groups is 4. The Balaban J connectivity index is 1.80. The largest absolute Gasteiger partial charge is 0.469 e. The summed E-state index contributed by atoms with van der Waals surface area (Å²) >= 11 is 0. The van der Waals surface area contributed by atoms with E-state index in [1.807, 2.05) is 0 Å². The Morgan fingerprint density at radius 2 is 1.68 bits per heavy atom. The molecule has 1 unspecified atom stereocenters. The third-order valence-corrected chi connectivity index (χ3v) is 5.65. The first kappa shape index (κ1) is 20.0. The van der Waals surface area contributed by atoms with Gasteiger partial charge in [0.15, 0.2) is 0 Å². The fourth-order valence-corrected chi connectivity index (χ4v) is 4.09. The Morgan fingerprint density at radius 3 is 2.21 bits per heavy atom. The molecular weight excluding hydrogens is 360 g/mol. The SMILES string of the molecule is COC(=O)CCN(C(=O)C(C)N1C(=O)c2ccccc2C1=O)C1CCCCC1. The first-order chi connectivity index (χ1) is 13.5. The molecule has 0 radical (unpaired) electrons. The van der Waals surface area contributed by atoms with Crippen molar-refractivity contribution < 1.29 is 23.9 Å². The van der Waals surface area contributed by atoms with Crippen molar-refractivity contribution in [1.82, 2.24) is 9.80 Å². The lowest BCUT2D eigenvalue weighted by atomic mass is 9.93. The van der Waals surface area contributed by atoms with Crippen molar-refractivity contribution in [3.8, 4) is 0 Å². The molecule has 0 spiro atoms. The molecule has 1 heterocycles. The number of hydrogen-bond acceptors (Lipinski definition) is 5. The molecule has 7 heteroatoms. The van der Waals surface area contributed by atoms with Crippen LogP contribution in [0, 0.1) is 0 Å². The van der Waals surface area contributed by atoms with E-state index >= 15 is 0 Å². The van der Waals surface area contributed by atoms with Crippen LogP contribution in [0.3, 0.4) is 0 Å². The van der Waals surface area contributed by atoms with Gasteiger partial charge in [-0.2, -0.15) is 0 Å². The van der Waals surface area contributed by atoms with Crippen LogP contribution in [-0.2, 0) is 14.3 Å². The molecule has 1 atom stereocenters. The summed E-state index contributed by atoms with van der Waals surface area (Å²) in [6.45, 7) is 1.81. The van der Waals surface area contributed by atoms with E-state index in [-0.39, 0.29) is 30.9 Å². The predicted octanol–water partition coefficient (Wildman–Crippen LogP) is 2.40. The quantitative estimate of drug-likeness (QED) is 0.554. The Bertz CT molecular complexity index is 750. The summed E-state index contributed by atoms with van der Waals surface area (Å²) < 4.78 is 4.71. The van der Waals surface area contributed by atoms with E-state index in [4.69, 9.17) is 4.74 Å². The zero-order chi connectivity index (χ0) is 20.3. The highest BCUT2D eigenvalue weighted by Gasteiger charge is 2.42. The van der Waals surface area contributed by atoms with Gasteiger partial charge < -0.3 is 9.64 Å². The van der Waals surface area contributed by atoms with Crippen LogP contribution in [0.4, 0.5) is 0 Å². The van der Waals surface area contributed by atoms with E-state index in [2.05, 4.69) is 0 Å². The maximum absolute atomic E-state index is 13.3. The van der Waals surface area contributed by atoms with E-state index in [1.165, 1.54) is 7.11 Å². The topological polar surface area (TPSA) is 84.0 Å². The zero-order valence-corrected chi connectivity index (χ0v) is 16.3. The van der Waals surface area contributed by atoms with Gasteiger partial charge in [-0.05, 0) is 31.9 Å². The molecule has 1 aromatic rings. The maximum atomic E-state index is 13.3. The average Bonchev–Trinajstić information content (AvgIpc) is 2.98. The van der Waals surface area contributed by atoms with Crippen LogP contribution in [0.25, 0.3) is 0 Å². The minimum Gasteiger partial charge on any atom is -0.469 e. The van der Waals surface area contributed by atoms with Crippen molar-refractivity contribution in [3.05, 3.63) is 35.4 Å². The van der Waals surface area contributed by atoms with Crippen LogP contribution >= 0.6 is 0 Å². The van der Waals surface area contributed by atoms with Gasteiger partial charge in [-0.1, -0.05) is 31.4 Å². The van der Waals surface area contributed by atoms with Crippen LogP contribution in [0.2, 0.25) is 0 Å². The van der Waals surface area contributed by atoms with E-state index in [1.54, 1.807) is 36.1 Å². The minimum atomic E-state index is -0.924. The van der Waals surface area contributed by atoms with Gasteiger partial charge in [0.1, 0.15) is 6.04 Å². The lowest BCUT2D eigenvalue weighted by Gasteiger charge is -2.37. The fraction of sp³-hybridized carbons (Fsp3) is 0.524. The number of amides is 3. The second-order valence-electron chi connectivity index (χ2n) is 7.35. The molecule has 3 amide bonds. The molecule has 3 rings (SSSR count). The Labute approximate surface area is 164 Å². The summed E-state index contributed by atoms with van der Waals surface area (Å²) in [6.07, 6.45) is 4.99. The van der Waals surface area contributed by atoms with Gasteiger partial charge in [-0.3, -0.25) is 24.1 Å². The summed E-state index contributed by atoms with van der Waals surface area (Å²) in [5.74, 6) is -1.58. The van der Waals surface area contributed by atoms with Crippen molar-refractivity contribution >= 4 is 23.7 Å². The number of methoxy groups -OCH3 is 1. The molecule has 1 aliphatic carbocycles. The number of benzene rings is 1. The van der Waals surface area contributed by atoms with Gasteiger partial charge >= 0.3 is 5.97 Å². The molecule has 1 aliphatic heterocycles. The van der Waals surface area contributed by atoms with Crippen molar-refractivity contribution in [2.45, 2.75) is 57.5 Å². The van der Waals surface area contributed by atoms with Crippen LogP contribution in [0.1, 0.15) is 66.2 Å². The van der Waals surface area contributed by atoms with Crippen molar-refractivity contribution in [2.75, 3.05) is 13.7 Å². The van der Waals surface area contributed by atoms with Gasteiger partial charge in [0.25, 0.3) is 11.8 Å². The number of ether oxygens (including phenoxy) is 1. The second-order valence-corrected chi connectivity index (χ2v) is 7.35. The summed E-state index contributed by atoms with van der Waals surface area (Å²) in [5, 5.41) is 0. The van der Waals surface area contributed by atoms with Gasteiger partial charge in [0.05, 0.1) is 24.7 Å². The number of fused-ring (bicyclic) bond motifs is 1. The lowest BCUT2D eigenvalue weighted by Crippen LogP contribution is -2.53. The van der Waals surface area contributed by atoms with Crippen LogP contribution in [0.5, 0.6) is 0 Å². The van der Waals surface area contributed by atoms with Crippen molar-refractivity contribution in [1.29, 1.82) is 0 Å². The number of carbonyl (C=O) groups excluding carboxylic acids is 4. The molecule has 28 heavy (non-hydrogen) atoms. The Hall–Kier alpha value is -2.70. The zero-order valence-electron chi connectivity index (χ0n) is 16.3. The summed E-state index contributed by atoms with van der Waals surface area (Å²) in [6, 6.07) is 5.69. The number of rotatable bonds is 6. The van der Waals surface area contributed by atoms with E-state index in [0.717, 1.165) is 37.0 Å². The molecule has 150 valence electrons. The molecule has 1 aromatic carbocycles. The number of esters is 1. The lowest BCUT2D eigenvalue weighted by molar-refractivity contribution is -0.143. The van der Waals surface area contributed by atoms with Crippen molar-refractivity contribution in [3.63, 3.8) is 0 Å². The predicted molar refractivity (Wildman–Crippen MR) is 102 cm³/mol. The molecule has 7 nitrogen and oxygen atoms in total. The van der Waals surface area contributed by atoms with Crippen molar-refractivity contribution in [2.24, 2.45) is 0 Å². The number of imide groups is 1. The number of nitrogens with zero attached hydrogens (tertiary/aromatic N) is 2. The Morgan fingerprint density at radius 1 is 1.11 bits per heavy atom. The second kappa shape index (κ2) is 8.54. The third kappa shape index (κ3) is 3.79. The summed E-state index contributed by atoms with van der Waals surface area (Å²) in [4.78, 5) is 53.1. The average molecular weight is 386 g/mol. The highest BCUT2D eigenvalue weighted by Crippen LogP contribution is 2.28. The third-order valence-electron chi connectivity index (χ3n) is 5.65. The first-order valence-electron chi connectivity index (χ1n) is 9.80. The van der Waals surface area contributed by atoms with Gasteiger partial charge in [0, 0.05) is 12.6 Å². The van der Waals surface area contributed by atoms with Crippen LogP contribution < -0.4 is 0 Å². The molecule has 0 bridgehead atoms. The standard InChI is InChI=1S/C21H26N2O5/c1-14(23-20(26)16-10-6-7-11-17(16)21(23)27)19(25)22(13-12-18(24)28-2)15-8-4-3-5-9-15/h6-7,10-11,14-15H,3-5,8-9,12-13H2,1-2H3.